The van der Waals surface area contributed by atoms with E-state index in [0.29, 0.717) is 31.7 Å². The summed E-state index contributed by atoms with van der Waals surface area (Å²) in [4.78, 5) is 25.4. The summed E-state index contributed by atoms with van der Waals surface area (Å²) in [6, 6.07) is 9.04. The van der Waals surface area contributed by atoms with Gasteiger partial charge in [-0.1, -0.05) is 44.2 Å². The van der Waals surface area contributed by atoms with Gasteiger partial charge in [0.25, 0.3) is 0 Å². The van der Waals surface area contributed by atoms with E-state index < -0.39 is 12.0 Å². The summed E-state index contributed by atoms with van der Waals surface area (Å²) in [7, 11) is 0. The first-order chi connectivity index (χ1) is 10.5. The van der Waals surface area contributed by atoms with Crippen molar-refractivity contribution in [3.63, 3.8) is 0 Å². The van der Waals surface area contributed by atoms with Gasteiger partial charge in [0.2, 0.25) is 5.91 Å². The fourth-order valence-corrected chi connectivity index (χ4v) is 2.49. The highest BCUT2D eigenvalue weighted by Crippen LogP contribution is 2.14. The maximum absolute atomic E-state index is 12.3. The molecule has 1 N–H and O–H groups in total. The zero-order valence-corrected chi connectivity index (χ0v) is 13.8. The van der Waals surface area contributed by atoms with Crippen LogP contribution in [0.5, 0.6) is 0 Å². The summed E-state index contributed by atoms with van der Waals surface area (Å²) in [5.41, 5.74) is 1.10. The Balaban J connectivity index is 2.69. The number of benzene rings is 1. The molecule has 1 amide bonds. The minimum atomic E-state index is -0.921. The summed E-state index contributed by atoms with van der Waals surface area (Å²) >= 11 is 0. The zero-order valence-electron chi connectivity index (χ0n) is 13.8. The number of carbonyl (C=O) groups is 2. The molecule has 0 radical (unpaired) electrons. The first kappa shape index (κ1) is 18.2. The van der Waals surface area contributed by atoms with E-state index in [0.717, 1.165) is 12.0 Å². The molecule has 0 saturated carbocycles. The lowest BCUT2D eigenvalue weighted by molar-refractivity contribution is -0.150. The third-order valence-electron chi connectivity index (χ3n) is 3.81. The van der Waals surface area contributed by atoms with Gasteiger partial charge in [0.1, 0.15) is 6.04 Å². The topological polar surface area (TPSA) is 57.6 Å². The van der Waals surface area contributed by atoms with Crippen molar-refractivity contribution in [1.29, 1.82) is 0 Å². The lowest BCUT2D eigenvalue weighted by Crippen LogP contribution is -2.45. The SMILES string of the molecule is CCN(C(=O)CCC(C)C)[C@@H](CCc1ccccc1)C(=O)O. The van der Waals surface area contributed by atoms with Gasteiger partial charge < -0.3 is 10.0 Å². The summed E-state index contributed by atoms with van der Waals surface area (Å²) in [5.74, 6) is -0.539. The van der Waals surface area contributed by atoms with E-state index in [2.05, 4.69) is 13.8 Å². The summed E-state index contributed by atoms with van der Waals surface area (Å²) in [5, 5.41) is 9.49. The van der Waals surface area contributed by atoms with E-state index in [9.17, 15) is 14.7 Å². The first-order valence-electron chi connectivity index (χ1n) is 8.01. The predicted molar refractivity (Wildman–Crippen MR) is 87.6 cm³/mol. The highest BCUT2D eigenvalue weighted by molar-refractivity contribution is 5.83. The van der Waals surface area contributed by atoms with Crippen molar-refractivity contribution in [2.45, 2.75) is 52.5 Å². The average Bonchev–Trinajstić information content (AvgIpc) is 2.49. The Morgan fingerprint density at radius 2 is 1.77 bits per heavy atom. The van der Waals surface area contributed by atoms with Crippen molar-refractivity contribution < 1.29 is 14.7 Å². The van der Waals surface area contributed by atoms with Crippen LogP contribution in [0.25, 0.3) is 0 Å². The number of aryl methyl sites for hydroxylation is 1. The average molecular weight is 305 g/mol. The van der Waals surface area contributed by atoms with E-state index in [1.54, 1.807) is 0 Å². The number of hydrogen-bond donors (Lipinski definition) is 1. The summed E-state index contributed by atoms with van der Waals surface area (Å²) in [6.07, 6.45) is 2.31. The molecule has 1 aromatic rings. The van der Waals surface area contributed by atoms with Crippen LogP contribution < -0.4 is 0 Å². The van der Waals surface area contributed by atoms with Gasteiger partial charge in [-0.25, -0.2) is 4.79 Å². The quantitative estimate of drug-likeness (QED) is 0.761. The Labute approximate surface area is 133 Å². The number of hydrogen-bond acceptors (Lipinski definition) is 2. The molecular formula is C18H27NO3. The number of carboxylic acids is 1. The van der Waals surface area contributed by atoms with Crippen LogP contribution in [0.4, 0.5) is 0 Å². The molecule has 0 unspecified atom stereocenters. The number of rotatable bonds is 9. The molecule has 22 heavy (non-hydrogen) atoms. The molecule has 0 fully saturated rings. The van der Waals surface area contributed by atoms with Crippen molar-refractivity contribution in [3.8, 4) is 0 Å². The Kier molecular flexibility index (Phi) is 7.64. The van der Waals surface area contributed by atoms with E-state index in [1.165, 1.54) is 4.90 Å². The van der Waals surface area contributed by atoms with Gasteiger partial charge >= 0.3 is 5.97 Å². The third kappa shape index (κ3) is 5.88. The molecule has 0 saturated heterocycles. The Morgan fingerprint density at radius 3 is 2.27 bits per heavy atom. The third-order valence-corrected chi connectivity index (χ3v) is 3.81. The fraction of sp³-hybridized carbons (Fsp3) is 0.556. The van der Waals surface area contributed by atoms with Gasteiger partial charge in [-0.05, 0) is 37.7 Å². The van der Waals surface area contributed by atoms with Crippen LogP contribution in [0.3, 0.4) is 0 Å². The van der Waals surface area contributed by atoms with Gasteiger partial charge in [0.05, 0.1) is 0 Å². The van der Waals surface area contributed by atoms with Crippen LogP contribution in [-0.2, 0) is 16.0 Å². The normalized spacial score (nSPS) is 12.2. The van der Waals surface area contributed by atoms with E-state index in [-0.39, 0.29) is 5.91 Å². The van der Waals surface area contributed by atoms with Crippen LogP contribution in [0.1, 0.15) is 45.6 Å². The second kappa shape index (κ2) is 9.23. The zero-order chi connectivity index (χ0) is 16.5. The second-order valence-corrected chi connectivity index (χ2v) is 5.99. The number of carbonyl (C=O) groups excluding carboxylic acids is 1. The lowest BCUT2D eigenvalue weighted by Gasteiger charge is -2.28. The van der Waals surface area contributed by atoms with Gasteiger partial charge in [-0.3, -0.25) is 4.79 Å². The monoisotopic (exact) mass is 305 g/mol. The molecule has 0 heterocycles. The first-order valence-corrected chi connectivity index (χ1v) is 8.01. The Hall–Kier alpha value is -1.84. The smallest absolute Gasteiger partial charge is 0.326 e. The summed E-state index contributed by atoms with van der Waals surface area (Å²) in [6.45, 7) is 6.40. The summed E-state index contributed by atoms with van der Waals surface area (Å²) < 4.78 is 0. The molecule has 0 aliphatic heterocycles. The van der Waals surface area contributed by atoms with Crippen molar-refractivity contribution >= 4 is 11.9 Å². The number of nitrogens with zero attached hydrogens (tertiary/aromatic N) is 1. The molecule has 0 bridgehead atoms. The largest absolute Gasteiger partial charge is 0.480 e. The number of aliphatic carboxylic acids is 1. The van der Waals surface area contributed by atoms with Crippen LogP contribution in [0.15, 0.2) is 30.3 Å². The lowest BCUT2D eigenvalue weighted by atomic mass is 10.0. The van der Waals surface area contributed by atoms with Crippen molar-refractivity contribution in [3.05, 3.63) is 35.9 Å². The van der Waals surface area contributed by atoms with Crippen LogP contribution in [0, 0.1) is 5.92 Å². The van der Waals surface area contributed by atoms with Crippen LogP contribution >= 0.6 is 0 Å². The van der Waals surface area contributed by atoms with Crippen molar-refractivity contribution in [2.75, 3.05) is 6.54 Å². The van der Waals surface area contributed by atoms with Crippen LogP contribution in [0.2, 0.25) is 0 Å². The molecule has 4 nitrogen and oxygen atoms in total. The maximum atomic E-state index is 12.3. The molecule has 1 aromatic carbocycles. The second-order valence-electron chi connectivity index (χ2n) is 5.99. The molecule has 1 atom stereocenters. The molecule has 0 spiro atoms. The minimum absolute atomic E-state index is 0.0586. The molecule has 4 heteroatoms. The molecule has 122 valence electrons. The fourth-order valence-electron chi connectivity index (χ4n) is 2.49. The van der Waals surface area contributed by atoms with Gasteiger partial charge in [-0.2, -0.15) is 0 Å². The van der Waals surface area contributed by atoms with E-state index in [4.69, 9.17) is 0 Å². The maximum Gasteiger partial charge on any atom is 0.326 e. The predicted octanol–water partition coefficient (Wildman–Crippen LogP) is 3.36. The van der Waals surface area contributed by atoms with Crippen molar-refractivity contribution in [2.24, 2.45) is 5.92 Å². The van der Waals surface area contributed by atoms with Gasteiger partial charge in [0.15, 0.2) is 0 Å². The molecule has 0 aromatic heterocycles. The van der Waals surface area contributed by atoms with Gasteiger partial charge in [0, 0.05) is 13.0 Å². The number of likely N-dealkylation sites (N-methyl/N-ethyl adjacent to an activating group) is 1. The molecule has 0 aliphatic rings. The number of amides is 1. The standard InChI is InChI=1S/C18H27NO3/c1-4-19(17(20)13-10-14(2)3)16(18(21)22)12-11-15-8-6-5-7-9-15/h5-9,14,16H,4,10-13H2,1-3H3,(H,21,22)/t16-/m0/s1. The van der Waals surface area contributed by atoms with Gasteiger partial charge in [-0.15, -0.1) is 0 Å². The van der Waals surface area contributed by atoms with E-state index in [1.807, 2.05) is 37.3 Å². The van der Waals surface area contributed by atoms with Crippen molar-refractivity contribution in [1.82, 2.24) is 4.90 Å². The van der Waals surface area contributed by atoms with Crippen LogP contribution in [-0.4, -0.2) is 34.5 Å². The molecule has 1 rings (SSSR count). The molecule has 0 aliphatic carbocycles. The minimum Gasteiger partial charge on any atom is -0.480 e. The Morgan fingerprint density at radius 1 is 1.14 bits per heavy atom. The number of carboxylic acid groups (broad SMARTS) is 1. The van der Waals surface area contributed by atoms with E-state index >= 15 is 0 Å². The molecular weight excluding hydrogens is 278 g/mol. The highest BCUT2D eigenvalue weighted by atomic mass is 16.4. The Bertz CT molecular complexity index is 470. The highest BCUT2D eigenvalue weighted by Gasteiger charge is 2.27.